The van der Waals surface area contributed by atoms with Gasteiger partial charge in [0.1, 0.15) is 17.3 Å². The molecule has 25 heavy (non-hydrogen) atoms. The maximum absolute atomic E-state index is 13.4. The monoisotopic (exact) mass is 356 g/mol. The summed E-state index contributed by atoms with van der Waals surface area (Å²) in [4.78, 5) is 3.99. The first-order chi connectivity index (χ1) is 11.7. The lowest BCUT2D eigenvalue weighted by Gasteiger charge is -2.29. The number of hydrogen-bond donors (Lipinski definition) is 2. The van der Waals surface area contributed by atoms with Crippen LogP contribution in [0.4, 0.5) is 17.6 Å². The van der Waals surface area contributed by atoms with Crippen molar-refractivity contribution in [2.24, 2.45) is 5.73 Å². The first-order valence-corrected chi connectivity index (χ1v) is 7.60. The van der Waals surface area contributed by atoms with Crippen LogP contribution in [-0.2, 0) is 5.60 Å². The average Bonchev–Trinajstić information content (AvgIpc) is 2.94. The zero-order valence-corrected chi connectivity index (χ0v) is 13.3. The minimum atomic E-state index is -4.99. The van der Waals surface area contributed by atoms with Crippen LogP contribution >= 0.6 is 0 Å². The predicted octanol–water partition coefficient (Wildman–Crippen LogP) is 3.09. The number of alkyl halides is 3. The van der Waals surface area contributed by atoms with Gasteiger partial charge < -0.3 is 15.6 Å². The summed E-state index contributed by atoms with van der Waals surface area (Å²) in [6.45, 7) is 1.00. The van der Waals surface area contributed by atoms with Gasteiger partial charge in [-0.1, -0.05) is 6.92 Å². The molecule has 3 rings (SSSR count). The van der Waals surface area contributed by atoms with Crippen molar-refractivity contribution in [2.45, 2.75) is 24.6 Å². The molecule has 1 aliphatic rings. The number of halogens is 4. The zero-order valence-electron chi connectivity index (χ0n) is 13.3. The molecule has 134 valence electrons. The van der Waals surface area contributed by atoms with E-state index in [0.717, 1.165) is 0 Å². The van der Waals surface area contributed by atoms with E-state index >= 15 is 0 Å². The molecular formula is C17H16F4N2O2. The maximum atomic E-state index is 13.4. The van der Waals surface area contributed by atoms with Gasteiger partial charge in [0.05, 0.1) is 12.3 Å². The number of benzene rings is 1. The zero-order chi connectivity index (χ0) is 18.4. The van der Waals surface area contributed by atoms with Gasteiger partial charge in [-0.3, -0.25) is 0 Å². The fourth-order valence-electron chi connectivity index (χ4n) is 2.75. The Labute approximate surface area is 141 Å². The molecule has 0 fully saturated rings. The summed E-state index contributed by atoms with van der Waals surface area (Å²) in [6.07, 6.45) is -4.99. The van der Waals surface area contributed by atoms with E-state index in [-0.39, 0.29) is 18.2 Å². The van der Waals surface area contributed by atoms with Crippen molar-refractivity contribution in [3.05, 3.63) is 47.4 Å². The van der Waals surface area contributed by atoms with E-state index in [0.29, 0.717) is 16.9 Å². The number of hydrogen-bond acceptors (Lipinski definition) is 4. The maximum Gasteiger partial charge on any atom is 0.424 e. The van der Waals surface area contributed by atoms with Gasteiger partial charge in [0.25, 0.3) is 0 Å². The second-order valence-corrected chi connectivity index (χ2v) is 6.06. The van der Waals surface area contributed by atoms with Gasteiger partial charge in [-0.05, 0) is 30.3 Å². The number of pyridine rings is 1. The van der Waals surface area contributed by atoms with Crippen LogP contribution in [-0.4, -0.2) is 29.4 Å². The smallest absolute Gasteiger partial charge is 0.424 e. The van der Waals surface area contributed by atoms with Crippen LogP contribution in [0.3, 0.4) is 0 Å². The van der Waals surface area contributed by atoms with E-state index in [1.54, 1.807) is 6.92 Å². The summed E-state index contributed by atoms with van der Waals surface area (Å²) in [5.41, 5.74) is 2.35. The molecule has 1 aromatic carbocycles. The lowest BCUT2D eigenvalue weighted by Crippen LogP contribution is -2.49. The van der Waals surface area contributed by atoms with Gasteiger partial charge in [0, 0.05) is 23.6 Å². The van der Waals surface area contributed by atoms with E-state index in [9.17, 15) is 22.7 Å². The van der Waals surface area contributed by atoms with E-state index in [1.165, 1.54) is 30.3 Å². The van der Waals surface area contributed by atoms with Crippen molar-refractivity contribution in [3.8, 4) is 17.0 Å². The largest absolute Gasteiger partial charge is 0.490 e. The van der Waals surface area contributed by atoms with Crippen LogP contribution in [0, 0.1) is 5.82 Å². The third kappa shape index (κ3) is 2.85. The molecule has 0 bridgehead atoms. The summed E-state index contributed by atoms with van der Waals surface area (Å²) in [5, 5.41) is 10.1. The van der Waals surface area contributed by atoms with Gasteiger partial charge in [-0.25, -0.2) is 9.37 Å². The Hall–Kier alpha value is -2.19. The quantitative estimate of drug-likeness (QED) is 0.830. The standard InChI is InChI=1S/C17H16F4N2O2/c1-9-7-25-15-12(9)6-13(16(24,8-22)17(19,20)21)23-14(15)10-2-4-11(18)5-3-10/h2-6,9,24H,7-8,22H2,1H3/t9-,16?/m1/s1. The predicted molar refractivity (Wildman–Crippen MR) is 82.5 cm³/mol. The van der Waals surface area contributed by atoms with Crippen LogP contribution in [0.5, 0.6) is 5.75 Å². The third-order valence-corrected chi connectivity index (χ3v) is 4.32. The van der Waals surface area contributed by atoms with Crippen molar-refractivity contribution >= 4 is 0 Å². The van der Waals surface area contributed by atoms with Gasteiger partial charge in [0.15, 0.2) is 0 Å². The Morgan fingerprint density at radius 3 is 2.48 bits per heavy atom. The molecule has 1 aromatic heterocycles. The summed E-state index contributed by atoms with van der Waals surface area (Å²) in [5.74, 6) is -0.324. The van der Waals surface area contributed by atoms with Crippen molar-refractivity contribution in [1.29, 1.82) is 0 Å². The molecular weight excluding hydrogens is 340 g/mol. The van der Waals surface area contributed by atoms with E-state index in [4.69, 9.17) is 10.5 Å². The molecule has 4 nitrogen and oxygen atoms in total. The molecule has 0 aliphatic carbocycles. The average molecular weight is 356 g/mol. The van der Waals surface area contributed by atoms with Crippen molar-refractivity contribution in [2.75, 3.05) is 13.2 Å². The Kier molecular flexibility index (Phi) is 4.20. The lowest BCUT2D eigenvalue weighted by molar-refractivity contribution is -0.263. The second-order valence-electron chi connectivity index (χ2n) is 6.06. The third-order valence-electron chi connectivity index (χ3n) is 4.32. The van der Waals surface area contributed by atoms with Crippen LogP contribution in [0.15, 0.2) is 30.3 Å². The van der Waals surface area contributed by atoms with E-state index in [1.807, 2.05) is 0 Å². The first kappa shape index (κ1) is 17.6. The van der Waals surface area contributed by atoms with Crippen LogP contribution in [0.1, 0.15) is 24.1 Å². The minimum absolute atomic E-state index is 0.118. The summed E-state index contributed by atoms with van der Waals surface area (Å²) in [6, 6.07) is 6.31. The Morgan fingerprint density at radius 2 is 1.92 bits per heavy atom. The molecule has 2 atom stereocenters. The second kappa shape index (κ2) is 5.96. The Bertz CT molecular complexity index is 792. The highest BCUT2D eigenvalue weighted by Gasteiger charge is 2.55. The molecule has 2 aromatic rings. The molecule has 8 heteroatoms. The van der Waals surface area contributed by atoms with Gasteiger partial charge in [0.2, 0.25) is 5.60 Å². The highest BCUT2D eigenvalue weighted by Crippen LogP contribution is 2.45. The van der Waals surface area contributed by atoms with Crippen molar-refractivity contribution < 1.29 is 27.4 Å². The van der Waals surface area contributed by atoms with E-state index in [2.05, 4.69) is 4.98 Å². The number of ether oxygens (including phenoxy) is 1. The summed E-state index contributed by atoms with van der Waals surface area (Å²) in [7, 11) is 0. The van der Waals surface area contributed by atoms with E-state index < -0.39 is 29.8 Å². The topological polar surface area (TPSA) is 68.4 Å². The van der Waals surface area contributed by atoms with Crippen LogP contribution < -0.4 is 10.5 Å². The number of nitrogens with zero attached hydrogens (tertiary/aromatic N) is 1. The fraction of sp³-hybridized carbons (Fsp3) is 0.353. The lowest BCUT2D eigenvalue weighted by atomic mass is 9.92. The van der Waals surface area contributed by atoms with Crippen molar-refractivity contribution in [3.63, 3.8) is 0 Å². The highest BCUT2D eigenvalue weighted by molar-refractivity contribution is 5.70. The number of nitrogens with two attached hydrogens (primary N) is 1. The Morgan fingerprint density at radius 1 is 1.28 bits per heavy atom. The Balaban J connectivity index is 2.24. The van der Waals surface area contributed by atoms with Gasteiger partial charge in [-0.15, -0.1) is 0 Å². The first-order valence-electron chi connectivity index (χ1n) is 7.60. The number of rotatable bonds is 3. The molecule has 0 spiro atoms. The van der Waals surface area contributed by atoms with Crippen LogP contribution in [0.2, 0.25) is 0 Å². The van der Waals surface area contributed by atoms with Gasteiger partial charge in [-0.2, -0.15) is 13.2 Å². The summed E-state index contributed by atoms with van der Waals surface area (Å²) >= 11 is 0. The summed E-state index contributed by atoms with van der Waals surface area (Å²) < 4.78 is 58.9. The van der Waals surface area contributed by atoms with Crippen molar-refractivity contribution in [1.82, 2.24) is 4.98 Å². The molecule has 1 unspecified atom stereocenters. The number of fused-ring (bicyclic) bond motifs is 1. The highest BCUT2D eigenvalue weighted by atomic mass is 19.4. The molecule has 0 saturated heterocycles. The molecule has 1 aliphatic heterocycles. The molecule has 0 radical (unpaired) electrons. The normalized spacial score (nSPS) is 19.2. The fourth-order valence-corrected chi connectivity index (χ4v) is 2.75. The molecule has 0 amide bonds. The molecule has 0 saturated carbocycles. The number of aromatic nitrogens is 1. The molecule has 2 heterocycles. The van der Waals surface area contributed by atoms with Gasteiger partial charge >= 0.3 is 6.18 Å². The van der Waals surface area contributed by atoms with Crippen LogP contribution in [0.25, 0.3) is 11.3 Å². The SMILES string of the molecule is C[C@@H]1COc2c1cc(C(O)(CN)C(F)(F)F)nc2-c1ccc(F)cc1. The molecule has 3 N–H and O–H groups in total. The minimum Gasteiger partial charge on any atom is -0.490 e. The number of aliphatic hydroxyl groups is 1.